The van der Waals surface area contributed by atoms with E-state index in [-0.39, 0.29) is 29.8 Å². The minimum Gasteiger partial charge on any atom is -0.390 e. The smallest absolute Gasteiger partial charge is 0.231 e. The Labute approximate surface area is 211 Å². The minimum absolute atomic E-state index is 0.0135. The van der Waals surface area contributed by atoms with Crippen LogP contribution in [0.4, 0.5) is 0 Å². The van der Waals surface area contributed by atoms with Crippen LogP contribution in [0.25, 0.3) is 0 Å². The summed E-state index contributed by atoms with van der Waals surface area (Å²) in [6, 6.07) is 9.98. The molecule has 0 bridgehead atoms. The molecule has 7 atom stereocenters. The molecular formula is C28H40BNO5. The van der Waals surface area contributed by atoms with Crippen molar-refractivity contribution in [2.75, 3.05) is 6.61 Å². The number of aliphatic hydroxyl groups is 1. The van der Waals surface area contributed by atoms with Gasteiger partial charge in [-0.2, -0.15) is 0 Å². The first-order chi connectivity index (χ1) is 16.7. The first-order valence-electron chi connectivity index (χ1n) is 12.9. The molecule has 0 saturated carbocycles. The molecule has 190 valence electrons. The van der Waals surface area contributed by atoms with E-state index in [4.69, 9.17) is 14.2 Å². The molecule has 3 aliphatic heterocycles. The van der Waals surface area contributed by atoms with Gasteiger partial charge in [0.25, 0.3) is 0 Å². The van der Waals surface area contributed by atoms with E-state index in [1.807, 2.05) is 42.2 Å². The highest BCUT2D eigenvalue weighted by atomic mass is 16.7. The zero-order valence-electron chi connectivity index (χ0n) is 21.8. The summed E-state index contributed by atoms with van der Waals surface area (Å²) in [4.78, 5) is 15.8. The van der Waals surface area contributed by atoms with E-state index in [1.165, 1.54) is 6.82 Å². The standard InChI is InChI=1S/C27H37NO5.CH3B/c1-25(2,3)24-28-23(30)20-15-21(31-16-18-11-7-5-8-12-18)33-26(20,4)27(28,17-32-24)22(29)19-13-9-6-10-14-19;1-2/h5,7-9,11-13,19-22,24,29H,6,10,14-17H2,1-4H3;1H3/t19-,20+,21?,22-,24+,26+,27-;/m1./s1. The fourth-order valence-electron chi connectivity index (χ4n) is 6.46. The van der Waals surface area contributed by atoms with Gasteiger partial charge in [-0.25, -0.2) is 0 Å². The van der Waals surface area contributed by atoms with Crippen molar-refractivity contribution in [3.05, 3.63) is 48.0 Å². The van der Waals surface area contributed by atoms with Crippen LogP contribution in [0.2, 0.25) is 6.82 Å². The van der Waals surface area contributed by atoms with Crippen molar-refractivity contribution in [3.8, 4) is 0 Å². The van der Waals surface area contributed by atoms with Crippen molar-refractivity contribution in [2.24, 2.45) is 17.3 Å². The van der Waals surface area contributed by atoms with E-state index in [0.717, 1.165) is 24.8 Å². The van der Waals surface area contributed by atoms with Crippen molar-refractivity contribution >= 4 is 13.8 Å². The zero-order valence-corrected chi connectivity index (χ0v) is 21.8. The van der Waals surface area contributed by atoms with Crippen molar-refractivity contribution in [1.82, 2.24) is 4.90 Å². The van der Waals surface area contributed by atoms with Gasteiger partial charge >= 0.3 is 0 Å². The Balaban J connectivity index is 0.00000141. The molecule has 1 N–H and O–H groups in total. The third-order valence-corrected chi connectivity index (χ3v) is 8.20. The number of carbonyl (C=O) groups excluding carboxylic acids is 1. The summed E-state index contributed by atoms with van der Waals surface area (Å²) in [7, 11) is 4.50. The number of fused-ring (bicyclic) bond motifs is 3. The lowest BCUT2D eigenvalue weighted by Gasteiger charge is -2.48. The first kappa shape index (κ1) is 26.4. The van der Waals surface area contributed by atoms with E-state index in [9.17, 15) is 9.90 Å². The molecule has 4 aliphatic rings. The van der Waals surface area contributed by atoms with Crippen LogP contribution < -0.4 is 0 Å². The van der Waals surface area contributed by atoms with E-state index < -0.39 is 29.8 Å². The van der Waals surface area contributed by atoms with Crippen LogP contribution >= 0.6 is 0 Å². The number of rotatable bonds is 5. The Morgan fingerprint density at radius 1 is 1.26 bits per heavy atom. The maximum absolute atomic E-state index is 13.9. The highest BCUT2D eigenvalue weighted by molar-refractivity contribution is 6.05. The van der Waals surface area contributed by atoms with Crippen LogP contribution in [-0.4, -0.2) is 60.1 Å². The normalized spacial score (nSPS) is 37.0. The van der Waals surface area contributed by atoms with Crippen LogP contribution in [0.15, 0.2) is 42.5 Å². The third-order valence-electron chi connectivity index (χ3n) is 8.20. The molecule has 5 rings (SSSR count). The third kappa shape index (κ3) is 4.28. The molecule has 0 aromatic heterocycles. The minimum atomic E-state index is -0.941. The van der Waals surface area contributed by atoms with Crippen LogP contribution in [0.1, 0.15) is 58.9 Å². The average Bonchev–Trinajstić information content (AvgIpc) is 3.49. The van der Waals surface area contributed by atoms with Crippen molar-refractivity contribution in [3.63, 3.8) is 0 Å². The predicted molar refractivity (Wildman–Crippen MR) is 135 cm³/mol. The van der Waals surface area contributed by atoms with Gasteiger partial charge in [0, 0.05) is 17.8 Å². The number of aliphatic hydroxyl groups excluding tert-OH is 1. The molecule has 35 heavy (non-hydrogen) atoms. The predicted octanol–water partition coefficient (Wildman–Crippen LogP) is 4.23. The van der Waals surface area contributed by atoms with Gasteiger partial charge in [0.15, 0.2) is 6.29 Å². The van der Waals surface area contributed by atoms with Crippen LogP contribution in [0.3, 0.4) is 0 Å². The topological polar surface area (TPSA) is 68.2 Å². The molecule has 3 fully saturated rings. The summed E-state index contributed by atoms with van der Waals surface area (Å²) in [6.45, 7) is 10.4. The molecule has 1 unspecified atom stereocenters. The monoisotopic (exact) mass is 481 g/mol. The fraction of sp³-hybridized carbons (Fsp3) is 0.679. The summed E-state index contributed by atoms with van der Waals surface area (Å²) < 4.78 is 19.0. The Morgan fingerprint density at radius 3 is 2.60 bits per heavy atom. The highest BCUT2D eigenvalue weighted by Crippen LogP contribution is 2.60. The molecule has 1 aliphatic carbocycles. The number of carbonyl (C=O) groups is 1. The molecule has 1 amide bonds. The Bertz CT molecular complexity index is 918. The lowest BCUT2D eigenvalue weighted by atomic mass is 9.69. The molecule has 7 heteroatoms. The summed E-state index contributed by atoms with van der Waals surface area (Å²) in [5, 5.41) is 11.9. The summed E-state index contributed by atoms with van der Waals surface area (Å²) >= 11 is 0. The second-order valence-corrected chi connectivity index (χ2v) is 11.4. The average molecular weight is 481 g/mol. The lowest BCUT2D eigenvalue weighted by Crippen LogP contribution is -2.67. The number of ether oxygens (including phenoxy) is 3. The molecule has 6 nitrogen and oxygen atoms in total. The maximum atomic E-state index is 13.9. The zero-order chi connectivity index (χ0) is 25.4. The summed E-state index contributed by atoms with van der Waals surface area (Å²) in [6.07, 6.45) is 6.06. The van der Waals surface area contributed by atoms with Crippen molar-refractivity contribution in [1.29, 1.82) is 0 Å². The molecule has 0 spiro atoms. The quantitative estimate of drug-likeness (QED) is 0.504. The maximum Gasteiger partial charge on any atom is 0.231 e. The fourth-order valence-corrected chi connectivity index (χ4v) is 6.46. The van der Waals surface area contributed by atoms with E-state index >= 15 is 0 Å². The molecule has 3 saturated heterocycles. The van der Waals surface area contributed by atoms with Crippen LogP contribution in [0.5, 0.6) is 0 Å². The van der Waals surface area contributed by atoms with Crippen molar-refractivity contribution < 1.29 is 24.1 Å². The van der Waals surface area contributed by atoms with Crippen molar-refractivity contribution in [2.45, 2.75) is 96.6 Å². The number of benzene rings is 1. The lowest BCUT2D eigenvalue weighted by molar-refractivity contribution is -0.216. The number of hydrogen-bond donors (Lipinski definition) is 1. The highest BCUT2D eigenvalue weighted by Gasteiger charge is 2.77. The second-order valence-electron chi connectivity index (χ2n) is 11.4. The number of allylic oxidation sites excluding steroid dienone is 1. The van der Waals surface area contributed by atoms with E-state index in [0.29, 0.717) is 13.0 Å². The Kier molecular flexibility index (Phi) is 7.55. The first-order valence-corrected chi connectivity index (χ1v) is 12.9. The van der Waals surface area contributed by atoms with Crippen LogP contribution in [0, 0.1) is 17.3 Å². The van der Waals surface area contributed by atoms with Gasteiger partial charge in [-0.3, -0.25) is 4.79 Å². The largest absolute Gasteiger partial charge is 0.390 e. The van der Waals surface area contributed by atoms with Gasteiger partial charge in [-0.1, -0.05) is 70.1 Å². The number of amides is 1. The van der Waals surface area contributed by atoms with Gasteiger partial charge in [0.05, 0.1) is 33.1 Å². The molecule has 1 aromatic rings. The SMILES string of the molecule is CC(C)(C)[C@@H]1OC[C@]2([C@H](O)[C@@H]3C=CCCC3)N1C(=O)[C@@H]1CC(OCc3ccccc3)O[C@@]12C.[B]C. The molecular weight excluding hydrogens is 441 g/mol. The Hall–Kier alpha value is -1.67. The number of hydrogen-bond acceptors (Lipinski definition) is 5. The van der Waals surface area contributed by atoms with Gasteiger partial charge in [0.1, 0.15) is 17.4 Å². The van der Waals surface area contributed by atoms with Gasteiger partial charge in [-0.15, -0.1) is 0 Å². The van der Waals surface area contributed by atoms with E-state index in [1.54, 1.807) is 0 Å². The second kappa shape index (κ2) is 10.0. The van der Waals surface area contributed by atoms with Gasteiger partial charge < -0.3 is 24.2 Å². The Morgan fingerprint density at radius 2 is 1.97 bits per heavy atom. The molecule has 2 radical (unpaired) electrons. The van der Waals surface area contributed by atoms with E-state index in [2.05, 4.69) is 40.8 Å². The summed E-state index contributed by atoms with van der Waals surface area (Å²) in [5.74, 6) is -0.381. The molecule has 3 heterocycles. The number of nitrogens with zero attached hydrogens (tertiary/aromatic N) is 1. The van der Waals surface area contributed by atoms with Gasteiger partial charge in [0.2, 0.25) is 5.91 Å². The summed E-state index contributed by atoms with van der Waals surface area (Å²) in [5.41, 5.74) is -1.05. The van der Waals surface area contributed by atoms with Crippen LogP contribution in [-0.2, 0) is 25.6 Å². The van der Waals surface area contributed by atoms with Gasteiger partial charge in [-0.05, 0) is 31.7 Å². The molecule has 1 aromatic carbocycles.